The quantitative estimate of drug-likeness (QED) is 0.512. The van der Waals surface area contributed by atoms with Crippen LogP contribution in [0.25, 0.3) is 0 Å². The van der Waals surface area contributed by atoms with E-state index in [1.807, 2.05) is 25.2 Å². The van der Waals surface area contributed by atoms with Crippen molar-refractivity contribution < 1.29 is 0 Å². The van der Waals surface area contributed by atoms with E-state index in [0.717, 1.165) is 12.1 Å². The fourth-order valence-corrected chi connectivity index (χ4v) is 1.15. The van der Waals surface area contributed by atoms with Gasteiger partial charge in [0.15, 0.2) is 0 Å². The van der Waals surface area contributed by atoms with E-state index < -0.39 is 0 Å². The molecule has 1 rings (SSSR count). The van der Waals surface area contributed by atoms with Crippen molar-refractivity contribution in [2.45, 2.75) is 13.3 Å². The van der Waals surface area contributed by atoms with Gasteiger partial charge in [-0.1, -0.05) is 25.1 Å². The van der Waals surface area contributed by atoms with Crippen LogP contribution >= 0.6 is 0 Å². The molecule has 60 valence electrons. The van der Waals surface area contributed by atoms with Gasteiger partial charge in [0.25, 0.3) is 0 Å². The molecule has 0 heterocycles. The fraction of sp³-hybridized carbons (Fsp3) is 0.333. The highest BCUT2D eigenvalue weighted by Crippen LogP contribution is 2.16. The van der Waals surface area contributed by atoms with Gasteiger partial charge in [0.1, 0.15) is 0 Å². The number of para-hydroxylation sites is 1. The predicted molar refractivity (Wildman–Crippen MR) is 48.4 cm³/mol. The number of hydrazine groups is 1. The van der Waals surface area contributed by atoms with Gasteiger partial charge < -0.3 is 5.01 Å². The summed E-state index contributed by atoms with van der Waals surface area (Å²) in [6, 6.07) is 8.15. The molecule has 11 heavy (non-hydrogen) atoms. The van der Waals surface area contributed by atoms with Gasteiger partial charge in [0, 0.05) is 7.05 Å². The van der Waals surface area contributed by atoms with E-state index in [4.69, 9.17) is 5.84 Å². The highest BCUT2D eigenvalue weighted by Gasteiger charge is 1.99. The van der Waals surface area contributed by atoms with E-state index in [-0.39, 0.29) is 0 Å². The lowest BCUT2D eigenvalue weighted by atomic mass is 10.1. The van der Waals surface area contributed by atoms with E-state index in [1.54, 1.807) is 5.01 Å². The molecular weight excluding hydrogens is 136 g/mol. The third-order valence-electron chi connectivity index (χ3n) is 1.75. The number of rotatable bonds is 2. The van der Waals surface area contributed by atoms with Crippen LogP contribution in [0.4, 0.5) is 5.69 Å². The Morgan fingerprint density at radius 3 is 2.45 bits per heavy atom. The average molecular weight is 150 g/mol. The molecule has 0 saturated carbocycles. The van der Waals surface area contributed by atoms with E-state index in [0.29, 0.717) is 0 Å². The van der Waals surface area contributed by atoms with Gasteiger partial charge in [-0.3, -0.25) is 0 Å². The standard InChI is InChI=1S/C9H14N2/c1-3-8-6-4-5-7-9(8)11(2)10/h4-7H,3,10H2,1-2H3. The van der Waals surface area contributed by atoms with Gasteiger partial charge in [-0.2, -0.15) is 0 Å². The summed E-state index contributed by atoms with van der Waals surface area (Å²) in [6.45, 7) is 2.13. The Morgan fingerprint density at radius 2 is 2.00 bits per heavy atom. The number of anilines is 1. The largest absolute Gasteiger partial charge is 0.314 e. The molecular formula is C9H14N2. The highest BCUT2D eigenvalue weighted by atomic mass is 15.4. The molecule has 0 atom stereocenters. The average Bonchev–Trinajstić information content (AvgIpc) is 2.04. The number of nitrogens with two attached hydrogens (primary N) is 1. The Labute approximate surface area is 67.6 Å². The Balaban J connectivity index is 3.02. The molecule has 2 heteroatoms. The summed E-state index contributed by atoms with van der Waals surface area (Å²) >= 11 is 0. The van der Waals surface area contributed by atoms with Crippen LogP contribution in [0.3, 0.4) is 0 Å². The van der Waals surface area contributed by atoms with Crippen LogP contribution in [-0.2, 0) is 6.42 Å². The maximum Gasteiger partial charge on any atom is 0.0545 e. The molecule has 1 aromatic carbocycles. The molecule has 0 aliphatic heterocycles. The predicted octanol–water partition coefficient (Wildman–Crippen LogP) is 1.56. The Bertz CT molecular complexity index is 231. The van der Waals surface area contributed by atoms with Crippen molar-refractivity contribution in [2.75, 3.05) is 12.1 Å². The fourth-order valence-electron chi connectivity index (χ4n) is 1.15. The van der Waals surface area contributed by atoms with Crippen LogP contribution in [0.15, 0.2) is 24.3 Å². The number of hydrogen-bond acceptors (Lipinski definition) is 2. The van der Waals surface area contributed by atoms with Crippen molar-refractivity contribution >= 4 is 5.69 Å². The van der Waals surface area contributed by atoms with Crippen LogP contribution in [0.1, 0.15) is 12.5 Å². The summed E-state index contributed by atoms with van der Waals surface area (Å²) in [4.78, 5) is 0. The summed E-state index contributed by atoms with van der Waals surface area (Å²) in [5.41, 5.74) is 2.40. The Kier molecular flexibility index (Phi) is 2.49. The first-order chi connectivity index (χ1) is 5.25. The van der Waals surface area contributed by atoms with E-state index in [9.17, 15) is 0 Å². The first-order valence-electron chi connectivity index (χ1n) is 3.82. The SMILES string of the molecule is CCc1ccccc1N(C)N. The van der Waals surface area contributed by atoms with Gasteiger partial charge in [-0.25, -0.2) is 5.84 Å². The second kappa shape index (κ2) is 3.39. The zero-order chi connectivity index (χ0) is 8.27. The van der Waals surface area contributed by atoms with Crippen LogP contribution < -0.4 is 10.9 Å². The first kappa shape index (κ1) is 8.08. The monoisotopic (exact) mass is 150 g/mol. The Hall–Kier alpha value is -1.02. The summed E-state index contributed by atoms with van der Waals surface area (Å²) in [7, 11) is 1.86. The van der Waals surface area contributed by atoms with Crippen molar-refractivity contribution in [1.82, 2.24) is 0 Å². The molecule has 0 spiro atoms. The zero-order valence-electron chi connectivity index (χ0n) is 7.04. The number of aryl methyl sites for hydroxylation is 1. The van der Waals surface area contributed by atoms with Crippen LogP contribution in [-0.4, -0.2) is 7.05 Å². The molecule has 0 aliphatic carbocycles. The van der Waals surface area contributed by atoms with E-state index >= 15 is 0 Å². The molecule has 1 aromatic rings. The van der Waals surface area contributed by atoms with Gasteiger partial charge >= 0.3 is 0 Å². The molecule has 2 N–H and O–H groups in total. The third kappa shape index (κ3) is 1.71. The molecule has 0 saturated heterocycles. The minimum Gasteiger partial charge on any atom is -0.314 e. The second-order valence-electron chi connectivity index (χ2n) is 2.59. The maximum absolute atomic E-state index is 5.62. The minimum atomic E-state index is 1.03. The second-order valence-corrected chi connectivity index (χ2v) is 2.59. The summed E-state index contributed by atoms with van der Waals surface area (Å²) in [5, 5.41) is 1.65. The highest BCUT2D eigenvalue weighted by molar-refractivity contribution is 5.51. The topological polar surface area (TPSA) is 29.3 Å². The lowest BCUT2D eigenvalue weighted by molar-refractivity contribution is 0.987. The third-order valence-corrected chi connectivity index (χ3v) is 1.75. The van der Waals surface area contributed by atoms with Crippen molar-refractivity contribution in [3.8, 4) is 0 Å². The maximum atomic E-state index is 5.62. The van der Waals surface area contributed by atoms with E-state index in [2.05, 4.69) is 13.0 Å². The first-order valence-corrected chi connectivity index (χ1v) is 3.82. The molecule has 2 nitrogen and oxygen atoms in total. The summed E-state index contributed by atoms with van der Waals surface area (Å²) in [5.74, 6) is 5.62. The van der Waals surface area contributed by atoms with Crippen LogP contribution in [0, 0.1) is 0 Å². The van der Waals surface area contributed by atoms with Crippen molar-refractivity contribution in [2.24, 2.45) is 5.84 Å². The molecule has 0 aliphatic rings. The van der Waals surface area contributed by atoms with Crippen molar-refractivity contribution in [3.05, 3.63) is 29.8 Å². The van der Waals surface area contributed by atoms with Gasteiger partial charge in [-0.15, -0.1) is 0 Å². The molecule has 0 fully saturated rings. The van der Waals surface area contributed by atoms with Crippen molar-refractivity contribution in [3.63, 3.8) is 0 Å². The van der Waals surface area contributed by atoms with Gasteiger partial charge in [0.2, 0.25) is 0 Å². The number of nitrogens with zero attached hydrogens (tertiary/aromatic N) is 1. The minimum absolute atomic E-state index is 1.03. The summed E-state index contributed by atoms with van der Waals surface area (Å²) < 4.78 is 0. The lowest BCUT2D eigenvalue weighted by Gasteiger charge is -2.15. The molecule has 0 amide bonds. The molecule has 0 aromatic heterocycles. The van der Waals surface area contributed by atoms with Crippen LogP contribution in [0.2, 0.25) is 0 Å². The smallest absolute Gasteiger partial charge is 0.0545 e. The van der Waals surface area contributed by atoms with Gasteiger partial charge in [-0.05, 0) is 18.1 Å². The van der Waals surface area contributed by atoms with E-state index in [1.165, 1.54) is 5.56 Å². The molecule has 0 radical (unpaired) electrons. The molecule has 0 bridgehead atoms. The van der Waals surface area contributed by atoms with Crippen LogP contribution in [0.5, 0.6) is 0 Å². The Morgan fingerprint density at radius 1 is 1.36 bits per heavy atom. The van der Waals surface area contributed by atoms with Gasteiger partial charge in [0.05, 0.1) is 5.69 Å². The number of hydrogen-bond donors (Lipinski definition) is 1. The van der Waals surface area contributed by atoms with Crippen molar-refractivity contribution in [1.29, 1.82) is 0 Å². The summed E-state index contributed by atoms with van der Waals surface area (Å²) in [6.07, 6.45) is 1.03. The lowest BCUT2D eigenvalue weighted by Crippen LogP contribution is -2.26. The normalized spacial score (nSPS) is 9.73. The zero-order valence-corrected chi connectivity index (χ0v) is 7.04. The molecule has 0 unspecified atom stereocenters. The number of benzene rings is 1.